The summed E-state index contributed by atoms with van der Waals surface area (Å²) in [6.07, 6.45) is 5.08. The minimum absolute atomic E-state index is 0.172. The molecule has 6 heteroatoms. The maximum atomic E-state index is 11.4. The highest BCUT2D eigenvalue weighted by molar-refractivity contribution is 5.82. The van der Waals surface area contributed by atoms with Gasteiger partial charge in [0.2, 0.25) is 0 Å². The van der Waals surface area contributed by atoms with Crippen LogP contribution in [0.3, 0.4) is 0 Å². The minimum atomic E-state index is -1.60. The first kappa shape index (κ1) is 14.9. The molecule has 1 aliphatic rings. The van der Waals surface area contributed by atoms with Gasteiger partial charge in [0.1, 0.15) is 5.54 Å². The van der Waals surface area contributed by atoms with Crippen LogP contribution in [-0.4, -0.2) is 33.5 Å². The van der Waals surface area contributed by atoms with Crippen molar-refractivity contribution in [2.75, 3.05) is 0 Å². The van der Waals surface area contributed by atoms with Gasteiger partial charge in [0.15, 0.2) is 0 Å². The van der Waals surface area contributed by atoms with Crippen molar-refractivity contribution in [3.63, 3.8) is 0 Å². The molecule has 3 atom stereocenters. The Morgan fingerprint density at radius 1 is 1.50 bits per heavy atom. The van der Waals surface area contributed by atoms with E-state index < -0.39 is 17.1 Å². The SMILES string of the molecule is CCCCCC1(O)CC(C=NN)CC1(N)C(=O)O. The third-order valence-corrected chi connectivity index (χ3v) is 3.89. The summed E-state index contributed by atoms with van der Waals surface area (Å²) in [5, 5.41) is 23.3. The van der Waals surface area contributed by atoms with Crippen molar-refractivity contribution in [1.29, 1.82) is 0 Å². The van der Waals surface area contributed by atoms with Crippen LogP contribution in [0.25, 0.3) is 0 Å². The van der Waals surface area contributed by atoms with E-state index in [0.717, 1.165) is 19.3 Å². The molecular formula is C12H23N3O3. The predicted molar refractivity (Wildman–Crippen MR) is 69.0 cm³/mol. The maximum Gasteiger partial charge on any atom is 0.326 e. The van der Waals surface area contributed by atoms with Crippen molar-refractivity contribution in [1.82, 2.24) is 0 Å². The zero-order valence-corrected chi connectivity index (χ0v) is 10.8. The number of hydrogen-bond donors (Lipinski definition) is 4. The molecule has 0 aliphatic heterocycles. The summed E-state index contributed by atoms with van der Waals surface area (Å²) in [6.45, 7) is 2.05. The van der Waals surface area contributed by atoms with Gasteiger partial charge in [0.05, 0.1) is 5.60 Å². The molecule has 18 heavy (non-hydrogen) atoms. The van der Waals surface area contributed by atoms with Crippen molar-refractivity contribution in [2.45, 2.75) is 56.6 Å². The van der Waals surface area contributed by atoms with E-state index in [9.17, 15) is 15.0 Å². The summed E-state index contributed by atoms with van der Waals surface area (Å²) < 4.78 is 0. The Labute approximate surface area is 107 Å². The number of hydrazone groups is 1. The first-order valence-corrected chi connectivity index (χ1v) is 6.37. The van der Waals surface area contributed by atoms with Crippen LogP contribution < -0.4 is 11.6 Å². The average molecular weight is 257 g/mol. The van der Waals surface area contributed by atoms with E-state index in [1.807, 2.05) is 0 Å². The van der Waals surface area contributed by atoms with Gasteiger partial charge in [0.25, 0.3) is 0 Å². The number of aliphatic hydroxyl groups is 1. The van der Waals surface area contributed by atoms with E-state index >= 15 is 0 Å². The Bertz CT molecular complexity index is 335. The second-order valence-electron chi connectivity index (χ2n) is 5.23. The number of rotatable bonds is 6. The van der Waals surface area contributed by atoms with Gasteiger partial charge in [-0.25, -0.2) is 0 Å². The van der Waals surface area contributed by atoms with E-state index in [4.69, 9.17) is 11.6 Å². The van der Waals surface area contributed by atoms with Crippen LogP contribution in [0.4, 0.5) is 0 Å². The van der Waals surface area contributed by atoms with Crippen LogP contribution >= 0.6 is 0 Å². The lowest BCUT2D eigenvalue weighted by Crippen LogP contribution is -2.62. The number of carboxylic acid groups (broad SMARTS) is 1. The summed E-state index contributed by atoms with van der Waals surface area (Å²) >= 11 is 0. The van der Waals surface area contributed by atoms with Crippen LogP contribution in [0.1, 0.15) is 45.4 Å². The first-order chi connectivity index (χ1) is 8.39. The molecule has 0 amide bonds. The Morgan fingerprint density at radius 3 is 2.67 bits per heavy atom. The molecule has 0 radical (unpaired) electrons. The molecule has 1 rings (SSSR count). The molecule has 104 valence electrons. The smallest absolute Gasteiger partial charge is 0.326 e. The average Bonchev–Trinajstić information content (AvgIpc) is 2.53. The number of unbranched alkanes of at least 4 members (excludes halogenated alkanes) is 2. The van der Waals surface area contributed by atoms with Crippen LogP contribution in [-0.2, 0) is 4.79 Å². The molecule has 1 saturated carbocycles. The van der Waals surface area contributed by atoms with Crippen LogP contribution in [0.15, 0.2) is 5.10 Å². The number of hydrogen-bond acceptors (Lipinski definition) is 5. The Balaban J connectivity index is 2.87. The van der Waals surface area contributed by atoms with Gasteiger partial charge in [-0.05, 0) is 19.3 Å². The van der Waals surface area contributed by atoms with E-state index in [-0.39, 0.29) is 12.3 Å². The fraction of sp³-hybridized carbons (Fsp3) is 0.833. The van der Waals surface area contributed by atoms with Gasteiger partial charge in [-0.2, -0.15) is 5.10 Å². The predicted octanol–water partition coefficient (Wildman–Crippen LogP) is 0.434. The lowest BCUT2D eigenvalue weighted by molar-refractivity contribution is -0.153. The number of carbonyl (C=O) groups is 1. The summed E-state index contributed by atoms with van der Waals surface area (Å²) in [4.78, 5) is 11.4. The first-order valence-electron chi connectivity index (χ1n) is 6.37. The van der Waals surface area contributed by atoms with Crippen molar-refractivity contribution in [3.8, 4) is 0 Å². The van der Waals surface area contributed by atoms with E-state index in [1.165, 1.54) is 6.21 Å². The van der Waals surface area contributed by atoms with E-state index in [0.29, 0.717) is 12.8 Å². The number of aliphatic carboxylic acids is 1. The molecule has 0 aromatic heterocycles. The molecule has 3 unspecified atom stereocenters. The third kappa shape index (κ3) is 2.64. The molecule has 6 N–H and O–H groups in total. The second kappa shape index (κ2) is 5.67. The lowest BCUT2D eigenvalue weighted by atomic mass is 9.80. The van der Waals surface area contributed by atoms with E-state index in [2.05, 4.69) is 12.0 Å². The zero-order valence-electron chi connectivity index (χ0n) is 10.8. The van der Waals surface area contributed by atoms with Crippen LogP contribution in [0.2, 0.25) is 0 Å². The van der Waals surface area contributed by atoms with Crippen molar-refractivity contribution >= 4 is 12.2 Å². The van der Waals surface area contributed by atoms with E-state index in [1.54, 1.807) is 0 Å². The molecular weight excluding hydrogens is 234 g/mol. The monoisotopic (exact) mass is 257 g/mol. The molecule has 0 heterocycles. The van der Waals surface area contributed by atoms with Gasteiger partial charge < -0.3 is 21.8 Å². The standard InChI is InChI=1S/C12H23N3O3/c1-2-3-4-5-11(18)6-9(8-15-14)7-12(11,13)10(16)17/h8-9,18H,2-7,13-14H2,1H3,(H,16,17). The maximum absolute atomic E-state index is 11.4. The lowest BCUT2D eigenvalue weighted by Gasteiger charge is -2.35. The van der Waals surface area contributed by atoms with Crippen molar-refractivity contribution in [3.05, 3.63) is 0 Å². The van der Waals surface area contributed by atoms with Crippen LogP contribution in [0, 0.1) is 5.92 Å². The molecule has 0 bridgehead atoms. The number of carboxylic acids is 1. The largest absolute Gasteiger partial charge is 0.480 e. The second-order valence-corrected chi connectivity index (χ2v) is 5.23. The molecule has 1 fully saturated rings. The minimum Gasteiger partial charge on any atom is -0.480 e. The summed E-state index contributed by atoms with van der Waals surface area (Å²) in [7, 11) is 0. The summed E-state index contributed by atoms with van der Waals surface area (Å²) in [5.74, 6) is 3.75. The number of nitrogens with zero attached hydrogens (tertiary/aromatic N) is 1. The topological polar surface area (TPSA) is 122 Å². The molecule has 0 aromatic rings. The highest BCUT2D eigenvalue weighted by atomic mass is 16.4. The highest BCUT2D eigenvalue weighted by Crippen LogP contribution is 2.44. The van der Waals surface area contributed by atoms with Gasteiger partial charge in [-0.1, -0.05) is 26.2 Å². The molecule has 0 saturated heterocycles. The third-order valence-electron chi connectivity index (χ3n) is 3.89. The molecule has 1 aliphatic carbocycles. The highest BCUT2D eigenvalue weighted by Gasteiger charge is 2.59. The fourth-order valence-electron chi connectivity index (χ4n) is 2.80. The number of nitrogens with two attached hydrogens (primary N) is 2. The van der Waals surface area contributed by atoms with Gasteiger partial charge >= 0.3 is 5.97 Å². The molecule has 0 spiro atoms. The fourth-order valence-corrected chi connectivity index (χ4v) is 2.80. The molecule has 6 nitrogen and oxygen atoms in total. The van der Waals surface area contributed by atoms with Gasteiger partial charge in [-0.3, -0.25) is 4.79 Å². The Morgan fingerprint density at radius 2 is 2.17 bits per heavy atom. The van der Waals surface area contributed by atoms with Crippen LogP contribution in [0.5, 0.6) is 0 Å². The summed E-state index contributed by atoms with van der Waals surface area (Å²) in [6, 6.07) is 0. The van der Waals surface area contributed by atoms with Gasteiger partial charge in [-0.15, -0.1) is 0 Å². The zero-order chi connectivity index (χ0) is 13.8. The normalized spacial score (nSPS) is 36.3. The van der Waals surface area contributed by atoms with Crippen molar-refractivity contribution < 1.29 is 15.0 Å². The molecule has 0 aromatic carbocycles. The Kier molecular flexibility index (Phi) is 4.70. The van der Waals surface area contributed by atoms with Gasteiger partial charge in [0, 0.05) is 12.1 Å². The Hall–Kier alpha value is -1.14. The summed E-state index contributed by atoms with van der Waals surface area (Å²) in [5.41, 5.74) is 2.95. The quantitative estimate of drug-likeness (QED) is 0.238. The van der Waals surface area contributed by atoms with Crippen molar-refractivity contribution in [2.24, 2.45) is 22.6 Å².